The molecule has 0 saturated carbocycles. The van der Waals surface area contributed by atoms with Crippen molar-refractivity contribution in [3.63, 3.8) is 0 Å². The molecule has 18 heavy (non-hydrogen) atoms. The van der Waals surface area contributed by atoms with E-state index in [-0.39, 0.29) is 0 Å². The highest BCUT2D eigenvalue weighted by Gasteiger charge is 2.29. The largest absolute Gasteiger partial charge is 0.294 e. The first-order valence-corrected chi connectivity index (χ1v) is 7.43. The summed E-state index contributed by atoms with van der Waals surface area (Å²) in [6.07, 6.45) is 3.88. The van der Waals surface area contributed by atoms with E-state index in [1.54, 1.807) is 11.1 Å². The van der Waals surface area contributed by atoms with Crippen molar-refractivity contribution in [2.75, 3.05) is 6.54 Å². The summed E-state index contributed by atoms with van der Waals surface area (Å²) in [6, 6.07) is 10.4. The number of nitrogens with zero attached hydrogens (tertiary/aromatic N) is 1. The summed E-state index contributed by atoms with van der Waals surface area (Å²) in [5, 5.41) is 0. The lowest BCUT2D eigenvalue weighted by Gasteiger charge is -2.30. The van der Waals surface area contributed by atoms with Gasteiger partial charge in [0.05, 0.1) is 0 Å². The van der Waals surface area contributed by atoms with Crippen LogP contribution in [-0.2, 0) is 6.42 Å². The quantitative estimate of drug-likeness (QED) is 0.758. The van der Waals surface area contributed by atoms with E-state index in [0.29, 0.717) is 12.1 Å². The molecule has 1 aliphatic rings. The zero-order chi connectivity index (χ0) is 13.1. The van der Waals surface area contributed by atoms with Gasteiger partial charge in [0.25, 0.3) is 0 Å². The monoisotopic (exact) mass is 245 g/mol. The van der Waals surface area contributed by atoms with Crippen molar-refractivity contribution in [3.8, 4) is 0 Å². The molecule has 0 N–H and O–H groups in total. The predicted octanol–water partition coefficient (Wildman–Crippen LogP) is 4.43. The van der Waals surface area contributed by atoms with E-state index in [2.05, 4.69) is 56.9 Å². The summed E-state index contributed by atoms with van der Waals surface area (Å²) < 4.78 is 0. The van der Waals surface area contributed by atoms with Crippen molar-refractivity contribution in [1.29, 1.82) is 0 Å². The molecular weight excluding hydrogens is 218 g/mol. The van der Waals surface area contributed by atoms with Crippen LogP contribution in [-0.4, -0.2) is 17.5 Å². The van der Waals surface area contributed by atoms with Gasteiger partial charge in [-0.3, -0.25) is 4.90 Å². The Labute approximate surface area is 112 Å². The zero-order valence-electron chi connectivity index (χ0n) is 12.3. The third-order valence-electron chi connectivity index (χ3n) is 4.00. The van der Waals surface area contributed by atoms with E-state index in [1.807, 2.05) is 0 Å². The fraction of sp³-hybridized carbons (Fsp3) is 0.647. The number of benzene rings is 1. The molecule has 0 bridgehead atoms. The Bertz CT molecular complexity index is 381. The van der Waals surface area contributed by atoms with E-state index < -0.39 is 0 Å². The normalized spacial score (nSPS) is 21.1. The number of likely N-dealkylation sites (tertiary alicyclic amines) is 1. The summed E-state index contributed by atoms with van der Waals surface area (Å²) in [5.74, 6) is 0.736. The van der Waals surface area contributed by atoms with Crippen LogP contribution in [0.3, 0.4) is 0 Å². The molecule has 1 nitrogen and oxygen atoms in total. The van der Waals surface area contributed by atoms with Crippen LogP contribution < -0.4 is 0 Å². The van der Waals surface area contributed by atoms with Gasteiger partial charge in [0.2, 0.25) is 0 Å². The maximum absolute atomic E-state index is 2.67. The topological polar surface area (TPSA) is 3.24 Å². The van der Waals surface area contributed by atoms with Crippen LogP contribution in [0.4, 0.5) is 0 Å². The van der Waals surface area contributed by atoms with Crippen molar-refractivity contribution in [1.82, 2.24) is 4.90 Å². The molecule has 1 aromatic rings. The molecule has 1 heterocycles. The molecule has 1 fully saturated rings. The van der Waals surface area contributed by atoms with Crippen LogP contribution in [0.5, 0.6) is 0 Å². The van der Waals surface area contributed by atoms with Crippen LogP contribution in [0.15, 0.2) is 24.3 Å². The molecule has 0 aliphatic carbocycles. The van der Waals surface area contributed by atoms with Crippen LogP contribution in [0.25, 0.3) is 0 Å². The summed E-state index contributed by atoms with van der Waals surface area (Å²) in [6.45, 7) is 10.5. The second-order valence-corrected chi connectivity index (χ2v) is 6.29. The number of hydrogen-bond acceptors (Lipinski definition) is 1. The second kappa shape index (κ2) is 5.88. The van der Waals surface area contributed by atoms with Crippen molar-refractivity contribution in [2.45, 2.75) is 59.0 Å². The van der Waals surface area contributed by atoms with Crippen LogP contribution >= 0.6 is 0 Å². The predicted molar refractivity (Wildman–Crippen MR) is 78.8 cm³/mol. The third-order valence-corrected chi connectivity index (χ3v) is 4.00. The Kier molecular flexibility index (Phi) is 4.45. The van der Waals surface area contributed by atoms with Crippen LogP contribution in [0.1, 0.15) is 57.7 Å². The molecule has 100 valence electrons. The van der Waals surface area contributed by atoms with E-state index in [1.165, 1.54) is 25.8 Å². The Morgan fingerprint density at radius 3 is 2.56 bits per heavy atom. The van der Waals surface area contributed by atoms with Gasteiger partial charge in [0.1, 0.15) is 0 Å². The highest BCUT2D eigenvalue weighted by molar-refractivity contribution is 5.31. The third kappa shape index (κ3) is 2.95. The molecule has 1 aromatic carbocycles. The van der Waals surface area contributed by atoms with E-state index >= 15 is 0 Å². The zero-order valence-corrected chi connectivity index (χ0v) is 12.3. The lowest BCUT2D eigenvalue weighted by molar-refractivity contribution is 0.204. The Hall–Kier alpha value is -0.820. The van der Waals surface area contributed by atoms with E-state index in [0.717, 1.165) is 5.92 Å². The fourth-order valence-corrected chi connectivity index (χ4v) is 3.23. The maximum atomic E-state index is 2.67. The van der Waals surface area contributed by atoms with Gasteiger partial charge in [-0.05, 0) is 56.7 Å². The minimum absolute atomic E-state index is 0.653. The van der Waals surface area contributed by atoms with Gasteiger partial charge >= 0.3 is 0 Å². The summed E-state index contributed by atoms with van der Waals surface area (Å²) in [7, 11) is 0. The van der Waals surface area contributed by atoms with Gasteiger partial charge in [0.15, 0.2) is 0 Å². The first kappa shape index (κ1) is 13.6. The van der Waals surface area contributed by atoms with E-state index in [4.69, 9.17) is 0 Å². The van der Waals surface area contributed by atoms with Crippen molar-refractivity contribution in [2.24, 2.45) is 5.92 Å². The molecule has 1 atom stereocenters. The molecule has 0 spiro atoms. The summed E-state index contributed by atoms with van der Waals surface area (Å²) in [5.41, 5.74) is 3.14. The van der Waals surface area contributed by atoms with Gasteiger partial charge in [-0.25, -0.2) is 0 Å². The average molecular weight is 245 g/mol. The molecule has 0 amide bonds. The molecule has 0 aromatic heterocycles. The minimum atomic E-state index is 0.653. The lowest BCUT2D eigenvalue weighted by atomic mass is 9.92. The van der Waals surface area contributed by atoms with Gasteiger partial charge in [-0.2, -0.15) is 0 Å². The molecule has 2 rings (SSSR count). The molecule has 0 radical (unpaired) electrons. The Morgan fingerprint density at radius 2 is 1.89 bits per heavy atom. The average Bonchev–Trinajstić information content (AvgIpc) is 2.77. The first-order chi connectivity index (χ1) is 8.59. The van der Waals surface area contributed by atoms with E-state index in [9.17, 15) is 0 Å². The molecule has 1 heteroatoms. The highest BCUT2D eigenvalue weighted by atomic mass is 15.2. The molecule has 1 unspecified atom stereocenters. The smallest absolute Gasteiger partial charge is 0.0354 e. The van der Waals surface area contributed by atoms with Crippen molar-refractivity contribution < 1.29 is 0 Å². The Balaban J connectivity index is 2.26. The van der Waals surface area contributed by atoms with Gasteiger partial charge < -0.3 is 0 Å². The van der Waals surface area contributed by atoms with Crippen molar-refractivity contribution >= 4 is 0 Å². The molecule has 1 aliphatic heterocycles. The maximum Gasteiger partial charge on any atom is 0.0354 e. The number of rotatable bonds is 4. The Morgan fingerprint density at radius 1 is 1.17 bits per heavy atom. The van der Waals surface area contributed by atoms with Crippen molar-refractivity contribution in [3.05, 3.63) is 35.4 Å². The lowest BCUT2D eigenvalue weighted by Crippen LogP contribution is -2.30. The van der Waals surface area contributed by atoms with Crippen LogP contribution in [0, 0.1) is 5.92 Å². The van der Waals surface area contributed by atoms with Gasteiger partial charge in [-0.15, -0.1) is 0 Å². The highest BCUT2D eigenvalue weighted by Crippen LogP contribution is 2.35. The SMILES string of the molecule is CC(C)Cc1ccccc1C1CCCN1C(C)C. The van der Waals surface area contributed by atoms with Gasteiger partial charge in [0, 0.05) is 12.1 Å². The fourth-order valence-electron chi connectivity index (χ4n) is 3.23. The first-order valence-electron chi connectivity index (χ1n) is 7.43. The standard InChI is InChI=1S/C17H27N/c1-13(2)12-15-8-5-6-9-16(15)17-10-7-11-18(17)14(3)4/h5-6,8-9,13-14,17H,7,10-12H2,1-4H3. The molecule has 1 saturated heterocycles. The van der Waals surface area contributed by atoms with Gasteiger partial charge in [-0.1, -0.05) is 38.1 Å². The molecular formula is C17H27N. The summed E-state index contributed by atoms with van der Waals surface area (Å²) >= 11 is 0. The number of hydrogen-bond donors (Lipinski definition) is 0. The second-order valence-electron chi connectivity index (χ2n) is 6.29. The van der Waals surface area contributed by atoms with Crippen LogP contribution in [0.2, 0.25) is 0 Å². The minimum Gasteiger partial charge on any atom is -0.294 e. The summed E-state index contributed by atoms with van der Waals surface area (Å²) in [4.78, 5) is 2.67.